The van der Waals surface area contributed by atoms with Gasteiger partial charge < -0.3 is 42.3 Å². The van der Waals surface area contributed by atoms with Crippen LogP contribution in [0.5, 0.6) is 0 Å². The van der Waals surface area contributed by atoms with E-state index in [4.69, 9.17) is 11.5 Å². The molecule has 1 saturated heterocycles. The quantitative estimate of drug-likeness (QED) is 0.106. The summed E-state index contributed by atoms with van der Waals surface area (Å²) < 4.78 is 0. The van der Waals surface area contributed by atoms with Gasteiger partial charge in [0.05, 0.1) is 13.0 Å². The Morgan fingerprint density at radius 3 is 2.21 bits per heavy atom. The molecule has 0 aliphatic carbocycles. The van der Waals surface area contributed by atoms with Crippen LogP contribution in [0.2, 0.25) is 0 Å². The molecule has 15 heteroatoms. The van der Waals surface area contributed by atoms with Gasteiger partial charge in [-0.15, -0.1) is 0 Å². The Balaban J connectivity index is 2.56. The molecule has 0 saturated carbocycles. The van der Waals surface area contributed by atoms with Gasteiger partial charge in [0, 0.05) is 27.1 Å². The van der Waals surface area contributed by atoms with E-state index < -0.39 is 78.6 Å². The lowest BCUT2D eigenvalue weighted by molar-refractivity contribution is -0.150. The summed E-state index contributed by atoms with van der Waals surface area (Å²) in [6, 6.07) is 4.01. The summed E-state index contributed by atoms with van der Waals surface area (Å²) in [7, 11) is 2.87. The van der Waals surface area contributed by atoms with Gasteiger partial charge in [-0.05, 0) is 24.3 Å². The second-order valence-corrected chi connectivity index (χ2v) is 10.7. The molecule has 236 valence electrons. The Labute approximate surface area is 250 Å². The smallest absolute Gasteiger partial charge is 0.305 e. The van der Waals surface area contributed by atoms with Crippen LogP contribution in [0.4, 0.5) is 0 Å². The number of hydrogen-bond acceptors (Lipinski definition) is 7. The molecular weight excluding hydrogens is 560 g/mol. The predicted octanol–water partition coefficient (Wildman–Crippen LogP) is -1.83. The molecule has 1 heterocycles. The molecule has 1 aliphatic heterocycles. The Hall–Kier alpha value is -4.69. The van der Waals surface area contributed by atoms with Crippen molar-refractivity contribution >= 4 is 41.5 Å². The van der Waals surface area contributed by atoms with Gasteiger partial charge in [-0.3, -0.25) is 33.8 Å². The van der Waals surface area contributed by atoms with Crippen LogP contribution in [0.1, 0.15) is 38.7 Å². The van der Waals surface area contributed by atoms with E-state index in [9.17, 15) is 33.9 Å². The molecule has 4 atom stereocenters. The van der Waals surface area contributed by atoms with Crippen molar-refractivity contribution in [3.05, 3.63) is 35.9 Å². The largest absolute Gasteiger partial charge is 0.481 e. The molecule has 15 nitrogen and oxygen atoms in total. The summed E-state index contributed by atoms with van der Waals surface area (Å²) in [5, 5.41) is 16.8. The normalized spacial score (nSPS) is 22.7. The molecule has 0 bridgehead atoms. The summed E-state index contributed by atoms with van der Waals surface area (Å²) in [4.78, 5) is 85.0. The number of guanidine groups is 1. The van der Waals surface area contributed by atoms with Crippen LogP contribution in [0.25, 0.3) is 0 Å². The van der Waals surface area contributed by atoms with Crippen molar-refractivity contribution in [2.24, 2.45) is 22.4 Å². The number of amides is 5. The van der Waals surface area contributed by atoms with Crippen molar-refractivity contribution in [3.8, 4) is 0 Å². The minimum atomic E-state index is -1.54. The fraction of sp³-hybridized carbons (Fsp3) is 0.536. The molecule has 1 aromatic rings. The molecule has 43 heavy (non-hydrogen) atoms. The molecule has 0 aromatic heterocycles. The lowest BCUT2D eigenvalue weighted by atomic mass is 9.97. The third-order valence-corrected chi connectivity index (χ3v) is 7.05. The van der Waals surface area contributed by atoms with Gasteiger partial charge in [0.2, 0.25) is 29.5 Å². The molecule has 1 fully saturated rings. The highest BCUT2D eigenvalue weighted by Gasteiger charge is 2.39. The molecular formula is C28H42N8O7. The number of rotatable bonds is 9. The summed E-state index contributed by atoms with van der Waals surface area (Å²) >= 11 is 0. The van der Waals surface area contributed by atoms with E-state index >= 15 is 0 Å². The molecule has 2 rings (SSSR count). The number of carboxylic acid groups (broad SMARTS) is 1. The number of carbonyl (C=O) groups is 6. The number of hydrogen-bond donors (Lipinski definition) is 6. The molecule has 0 unspecified atom stereocenters. The van der Waals surface area contributed by atoms with Gasteiger partial charge in [-0.1, -0.05) is 44.2 Å². The number of nitrogens with two attached hydrogens (primary N) is 2. The van der Waals surface area contributed by atoms with Gasteiger partial charge in [-0.25, -0.2) is 0 Å². The van der Waals surface area contributed by atoms with Crippen LogP contribution in [0.15, 0.2) is 35.3 Å². The lowest BCUT2D eigenvalue weighted by Gasteiger charge is -2.37. The summed E-state index contributed by atoms with van der Waals surface area (Å²) in [6.45, 7) is 3.10. The number of aliphatic carboxylic acids is 1. The summed E-state index contributed by atoms with van der Waals surface area (Å²) in [6.07, 6.45) is -0.283. The first-order chi connectivity index (χ1) is 20.2. The fourth-order valence-corrected chi connectivity index (χ4v) is 4.87. The topological polar surface area (TPSA) is 230 Å². The number of carboxylic acids is 1. The van der Waals surface area contributed by atoms with E-state index in [2.05, 4.69) is 20.9 Å². The van der Waals surface area contributed by atoms with Gasteiger partial charge in [0.15, 0.2) is 5.96 Å². The maximum Gasteiger partial charge on any atom is 0.305 e. The summed E-state index contributed by atoms with van der Waals surface area (Å²) in [5.41, 5.74) is 11.5. The molecule has 0 radical (unpaired) electrons. The van der Waals surface area contributed by atoms with Crippen molar-refractivity contribution < 1.29 is 33.9 Å². The number of aliphatic imine (C=N–C) groups is 1. The summed E-state index contributed by atoms with van der Waals surface area (Å²) in [5.74, 6) is -5.43. The van der Waals surface area contributed by atoms with Crippen LogP contribution in [-0.2, 0) is 35.2 Å². The number of carbonyl (C=O) groups excluding carboxylic acids is 5. The third-order valence-electron chi connectivity index (χ3n) is 7.05. The van der Waals surface area contributed by atoms with E-state index in [0.29, 0.717) is 12.0 Å². The Bertz CT molecular complexity index is 1200. The Kier molecular flexibility index (Phi) is 12.9. The van der Waals surface area contributed by atoms with Gasteiger partial charge in [0.1, 0.15) is 24.2 Å². The van der Waals surface area contributed by atoms with Crippen LogP contribution in [0, 0.1) is 5.92 Å². The van der Waals surface area contributed by atoms with Crippen LogP contribution in [-0.4, -0.2) is 108 Å². The molecule has 5 amide bonds. The first-order valence-electron chi connectivity index (χ1n) is 13.9. The predicted molar refractivity (Wildman–Crippen MR) is 157 cm³/mol. The molecule has 1 aromatic carbocycles. The second-order valence-electron chi connectivity index (χ2n) is 10.7. The standard InChI is InChI=1S/C28H42N8O7/c1-16(2)23-27(43)35(3)20(11-8-12-31-28(29)30)25(41)32-15-21(37)33-18(14-22(38)39)24(40)34-19(26(42)36(23)4)13-17-9-6-5-7-10-17/h5-7,9-10,16,18-20,23H,8,11-15H2,1-4H3,(H,32,41)(H,33,37)(H,34,40)(H,38,39)(H4,29,30,31)/t18-,19+,20-,23-/m0/s1. The first kappa shape index (κ1) is 34.5. The number of likely N-dealkylation sites (N-methyl/N-ethyl adjacent to an activating group) is 2. The average Bonchev–Trinajstić information content (AvgIpc) is 2.94. The molecule has 0 spiro atoms. The van der Waals surface area contributed by atoms with E-state index in [1.165, 1.54) is 23.9 Å². The Morgan fingerprint density at radius 1 is 0.977 bits per heavy atom. The van der Waals surface area contributed by atoms with E-state index in [0.717, 1.165) is 0 Å². The highest BCUT2D eigenvalue weighted by Crippen LogP contribution is 2.18. The van der Waals surface area contributed by atoms with Crippen LogP contribution >= 0.6 is 0 Å². The van der Waals surface area contributed by atoms with Gasteiger partial charge in [-0.2, -0.15) is 0 Å². The van der Waals surface area contributed by atoms with Crippen molar-refractivity contribution in [2.75, 3.05) is 27.2 Å². The number of nitrogens with one attached hydrogen (secondary N) is 3. The van der Waals surface area contributed by atoms with Crippen molar-refractivity contribution in [3.63, 3.8) is 0 Å². The lowest BCUT2D eigenvalue weighted by Crippen LogP contribution is -2.60. The van der Waals surface area contributed by atoms with E-state index in [1.54, 1.807) is 44.2 Å². The van der Waals surface area contributed by atoms with Crippen molar-refractivity contribution in [1.82, 2.24) is 25.8 Å². The molecule has 8 N–H and O–H groups in total. The first-order valence-corrected chi connectivity index (χ1v) is 13.9. The highest BCUT2D eigenvalue weighted by atomic mass is 16.4. The number of nitrogens with zero attached hydrogens (tertiary/aromatic N) is 3. The zero-order valence-electron chi connectivity index (χ0n) is 24.9. The zero-order valence-corrected chi connectivity index (χ0v) is 24.9. The van der Waals surface area contributed by atoms with E-state index in [-0.39, 0.29) is 25.3 Å². The third kappa shape index (κ3) is 10.3. The maximum atomic E-state index is 13.9. The average molecular weight is 603 g/mol. The van der Waals surface area contributed by atoms with Crippen molar-refractivity contribution in [1.29, 1.82) is 0 Å². The van der Waals surface area contributed by atoms with Crippen LogP contribution < -0.4 is 27.4 Å². The maximum absolute atomic E-state index is 13.9. The Morgan fingerprint density at radius 2 is 1.63 bits per heavy atom. The highest BCUT2D eigenvalue weighted by molar-refractivity contribution is 5.98. The SMILES string of the molecule is CC(C)[C@H]1C(=O)N(C)[C@@H](CCCN=C(N)N)C(=O)NCC(=O)N[C@@H](CC(=O)O)C(=O)N[C@H](Cc2ccccc2)C(=O)N1C. The minimum Gasteiger partial charge on any atom is -0.481 e. The van der Waals surface area contributed by atoms with E-state index in [1.807, 2.05) is 0 Å². The molecule has 1 aliphatic rings. The van der Waals surface area contributed by atoms with Crippen molar-refractivity contribution in [2.45, 2.75) is 63.7 Å². The fourth-order valence-electron chi connectivity index (χ4n) is 4.87. The minimum absolute atomic E-state index is 0.0335. The zero-order chi connectivity index (χ0) is 32.3. The number of benzene rings is 1. The van der Waals surface area contributed by atoms with Crippen LogP contribution in [0.3, 0.4) is 0 Å². The van der Waals surface area contributed by atoms with Gasteiger partial charge >= 0.3 is 5.97 Å². The van der Waals surface area contributed by atoms with Gasteiger partial charge in [0.25, 0.3) is 0 Å². The monoisotopic (exact) mass is 602 g/mol. The second kappa shape index (κ2) is 16.1.